The fourth-order valence-corrected chi connectivity index (χ4v) is 2.37. The van der Waals surface area contributed by atoms with Crippen molar-refractivity contribution in [3.63, 3.8) is 0 Å². The number of pyridine rings is 1. The van der Waals surface area contributed by atoms with E-state index in [1.807, 2.05) is 37.3 Å². The van der Waals surface area contributed by atoms with Crippen LogP contribution in [-0.2, 0) is 0 Å². The summed E-state index contributed by atoms with van der Waals surface area (Å²) in [7, 11) is 0. The Labute approximate surface area is 119 Å². The Kier molecular flexibility index (Phi) is 3.93. The first-order valence-electron chi connectivity index (χ1n) is 5.27. The van der Waals surface area contributed by atoms with Crippen LogP contribution in [0.25, 0.3) is 0 Å². The molecule has 0 unspecified atom stereocenters. The van der Waals surface area contributed by atoms with Gasteiger partial charge in [-0.25, -0.2) is 0 Å². The van der Waals surface area contributed by atoms with Crippen molar-refractivity contribution in [1.82, 2.24) is 4.98 Å². The number of thiocarbonyl (C=S) groups is 1. The van der Waals surface area contributed by atoms with Gasteiger partial charge in [0, 0.05) is 10.2 Å². The minimum atomic E-state index is 0.289. The van der Waals surface area contributed by atoms with Crippen molar-refractivity contribution in [3.8, 4) is 11.5 Å². The molecule has 0 aliphatic heterocycles. The normalized spacial score (nSPS) is 10.1. The maximum atomic E-state index is 5.75. The summed E-state index contributed by atoms with van der Waals surface area (Å²) in [5.74, 6) is 1.26. The molecule has 2 aromatic rings. The summed E-state index contributed by atoms with van der Waals surface area (Å²) in [4.78, 5) is 4.46. The van der Waals surface area contributed by atoms with Crippen LogP contribution in [0.15, 0.2) is 41.0 Å². The van der Waals surface area contributed by atoms with Gasteiger partial charge < -0.3 is 10.5 Å². The summed E-state index contributed by atoms with van der Waals surface area (Å²) in [6.07, 6.45) is 1.67. The van der Waals surface area contributed by atoms with Crippen LogP contribution in [0.1, 0.15) is 11.3 Å². The zero-order chi connectivity index (χ0) is 13.1. The van der Waals surface area contributed by atoms with E-state index in [1.54, 1.807) is 6.20 Å². The third-order valence-corrected chi connectivity index (χ3v) is 3.20. The van der Waals surface area contributed by atoms with Gasteiger partial charge in [-0.05, 0) is 47.1 Å². The van der Waals surface area contributed by atoms with Crippen LogP contribution in [-0.4, -0.2) is 9.97 Å². The van der Waals surface area contributed by atoms with E-state index in [0.717, 1.165) is 10.2 Å². The largest absolute Gasteiger partial charge is 0.455 e. The van der Waals surface area contributed by atoms with E-state index in [2.05, 4.69) is 20.9 Å². The maximum Gasteiger partial charge on any atom is 0.145 e. The van der Waals surface area contributed by atoms with Gasteiger partial charge in [-0.15, -0.1) is 0 Å². The van der Waals surface area contributed by atoms with Gasteiger partial charge in [-0.1, -0.05) is 18.3 Å². The third-order valence-electron chi connectivity index (χ3n) is 2.33. The molecule has 5 heteroatoms. The Bertz CT molecular complexity index is 584. The molecule has 0 aliphatic carbocycles. The van der Waals surface area contributed by atoms with E-state index >= 15 is 0 Å². The Morgan fingerprint density at radius 3 is 2.72 bits per heavy atom. The molecular formula is C13H11BrN2OS. The first-order chi connectivity index (χ1) is 8.58. The number of aromatic nitrogens is 1. The molecule has 0 bridgehead atoms. The van der Waals surface area contributed by atoms with Crippen LogP contribution in [0.4, 0.5) is 0 Å². The van der Waals surface area contributed by atoms with E-state index in [0.29, 0.717) is 17.1 Å². The van der Waals surface area contributed by atoms with Gasteiger partial charge in [0.05, 0.1) is 11.8 Å². The van der Waals surface area contributed by atoms with Crippen molar-refractivity contribution < 1.29 is 4.74 Å². The van der Waals surface area contributed by atoms with Crippen LogP contribution in [0.2, 0.25) is 0 Å². The summed E-state index contributed by atoms with van der Waals surface area (Å²) in [6.45, 7) is 1.92. The number of halogens is 1. The van der Waals surface area contributed by atoms with Crippen molar-refractivity contribution >= 4 is 33.1 Å². The second kappa shape index (κ2) is 5.46. The fraction of sp³-hybridized carbons (Fsp3) is 0.0769. The molecule has 0 spiro atoms. The molecule has 0 aliphatic rings. The molecule has 0 fully saturated rings. The minimum Gasteiger partial charge on any atom is -0.455 e. The summed E-state index contributed by atoms with van der Waals surface area (Å²) in [6, 6.07) is 9.29. The number of ether oxygens (including phenoxy) is 1. The van der Waals surface area contributed by atoms with Crippen molar-refractivity contribution in [2.24, 2.45) is 5.73 Å². The van der Waals surface area contributed by atoms with Gasteiger partial charge in [0.25, 0.3) is 0 Å². The predicted molar refractivity (Wildman–Crippen MR) is 79.1 cm³/mol. The SMILES string of the molecule is Cc1ccc(Oc2cccc(Br)c2C(N)=S)cn1. The lowest BCUT2D eigenvalue weighted by Crippen LogP contribution is -2.11. The predicted octanol–water partition coefficient (Wildman–Crippen LogP) is 3.58. The summed E-state index contributed by atoms with van der Waals surface area (Å²) < 4.78 is 6.56. The van der Waals surface area contributed by atoms with Crippen LogP contribution in [0.3, 0.4) is 0 Å². The number of nitrogens with zero attached hydrogens (tertiary/aromatic N) is 1. The van der Waals surface area contributed by atoms with E-state index in [4.69, 9.17) is 22.7 Å². The van der Waals surface area contributed by atoms with Crippen LogP contribution < -0.4 is 10.5 Å². The minimum absolute atomic E-state index is 0.289. The lowest BCUT2D eigenvalue weighted by atomic mass is 10.2. The average molecular weight is 323 g/mol. The first kappa shape index (κ1) is 13.0. The highest BCUT2D eigenvalue weighted by molar-refractivity contribution is 9.10. The quantitative estimate of drug-likeness (QED) is 0.877. The van der Waals surface area contributed by atoms with Crippen molar-refractivity contribution in [2.75, 3.05) is 0 Å². The molecule has 1 aromatic carbocycles. The first-order valence-corrected chi connectivity index (χ1v) is 6.47. The number of hydrogen-bond acceptors (Lipinski definition) is 3. The zero-order valence-electron chi connectivity index (χ0n) is 9.68. The molecular weight excluding hydrogens is 312 g/mol. The zero-order valence-corrected chi connectivity index (χ0v) is 12.1. The number of rotatable bonds is 3. The smallest absolute Gasteiger partial charge is 0.145 e. The van der Waals surface area contributed by atoms with Gasteiger partial charge in [0.2, 0.25) is 0 Å². The molecule has 0 atom stereocenters. The lowest BCUT2D eigenvalue weighted by Gasteiger charge is -2.11. The van der Waals surface area contributed by atoms with E-state index in [9.17, 15) is 0 Å². The van der Waals surface area contributed by atoms with Gasteiger partial charge in [-0.2, -0.15) is 0 Å². The molecule has 0 amide bonds. The molecule has 2 rings (SSSR count). The highest BCUT2D eigenvalue weighted by atomic mass is 79.9. The van der Waals surface area contributed by atoms with Gasteiger partial charge in [0.1, 0.15) is 16.5 Å². The van der Waals surface area contributed by atoms with Crippen LogP contribution in [0, 0.1) is 6.92 Å². The van der Waals surface area contributed by atoms with Gasteiger partial charge in [0.15, 0.2) is 0 Å². The van der Waals surface area contributed by atoms with E-state index in [-0.39, 0.29) is 4.99 Å². The molecule has 0 saturated carbocycles. The van der Waals surface area contributed by atoms with Crippen molar-refractivity contribution in [1.29, 1.82) is 0 Å². The summed E-state index contributed by atoms with van der Waals surface area (Å²) in [5.41, 5.74) is 7.32. The Morgan fingerprint density at radius 2 is 2.11 bits per heavy atom. The number of benzene rings is 1. The third kappa shape index (κ3) is 2.86. The van der Waals surface area contributed by atoms with Crippen molar-refractivity contribution in [2.45, 2.75) is 6.92 Å². The van der Waals surface area contributed by atoms with E-state index < -0.39 is 0 Å². The maximum absolute atomic E-state index is 5.75. The Balaban J connectivity index is 2.37. The second-order valence-electron chi connectivity index (χ2n) is 3.71. The number of nitrogens with two attached hydrogens (primary N) is 1. The Hall–Kier alpha value is -1.46. The van der Waals surface area contributed by atoms with Crippen LogP contribution >= 0.6 is 28.1 Å². The van der Waals surface area contributed by atoms with Gasteiger partial charge in [-0.3, -0.25) is 4.98 Å². The molecule has 1 heterocycles. The summed E-state index contributed by atoms with van der Waals surface area (Å²) in [5, 5.41) is 0. The molecule has 1 aromatic heterocycles. The highest BCUT2D eigenvalue weighted by Gasteiger charge is 2.11. The Morgan fingerprint density at radius 1 is 1.33 bits per heavy atom. The molecule has 3 nitrogen and oxygen atoms in total. The molecule has 2 N–H and O–H groups in total. The molecule has 0 radical (unpaired) electrons. The standard InChI is InChI=1S/C13H11BrN2OS/c1-8-5-6-9(7-16-8)17-11-4-2-3-10(14)12(11)13(15)18/h2-7H,1H3,(H2,15,18). The highest BCUT2D eigenvalue weighted by Crippen LogP contribution is 2.30. The van der Waals surface area contributed by atoms with Gasteiger partial charge >= 0.3 is 0 Å². The number of aryl methyl sites for hydroxylation is 1. The molecule has 92 valence electrons. The fourth-order valence-electron chi connectivity index (χ4n) is 1.47. The molecule has 18 heavy (non-hydrogen) atoms. The van der Waals surface area contributed by atoms with Crippen LogP contribution in [0.5, 0.6) is 11.5 Å². The summed E-state index contributed by atoms with van der Waals surface area (Å²) >= 11 is 8.44. The number of hydrogen-bond donors (Lipinski definition) is 1. The topological polar surface area (TPSA) is 48.1 Å². The molecule has 0 saturated heterocycles. The van der Waals surface area contributed by atoms with E-state index in [1.165, 1.54) is 0 Å². The monoisotopic (exact) mass is 322 g/mol. The lowest BCUT2D eigenvalue weighted by molar-refractivity contribution is 0.478. The second-order valence-corrected chi connectivity index (χ2v) is 5.01. The van der Waals surface area contributed by atoms with Crippen molar-refractivity contribution in [3.05, 3.63) is 52.3 Å². The average Bonchev–Trinajstić information content (AvgIpc) is 2.32.